The molecule has 1 aliphatic carbocycles. The Morgan fingerprint density at radius 3 is 2.86 bits per heavy atom. The number of H-pyrrole nitrogens is 1. The second-order valence-electron chi connectivity index (χ2n) is 7.10. The number of aromatic amines is 1. The van der Waals surface area contributed by atoms with Gasteiger partial charge >= 0.3 is 5.97 Å². The first-order chi connectivity index (χ1) is 14.0. The summed E-state index contributed by atoms with van der Waals surface area (Å²) in [6.07, 6.45) is 3.68. The number of ether oxygens (including phenoxy) is 1. The summed E-state index contributed by atoms with van der Waals surface area (Å²) in [6.45, 7) is 4.01. The Morgan fingerprint density at radius 2 is 2.10 bits per heavy atom. The topological polar surface area (TPSA) is 110 Å². The summed E-state index contributed by atoms with van der Waals surface area (Å²) in [7, 11) is 0. The molecule has 0 bridgehead atoms. The van der Waals surface area contributed by atoms with Crippen molar-refractivity contribution in [3.63, 3.8) is 0 Å². The zero-order chi connectivity index (χ0) is 20.4. The zero-order valence-corrected chi connectivity index (χ0v) is 16.3. The molecule has 3 aromatic rings. The average molecular weight is 394 g/mol. The van der Waals surface area contributed by atoms with Crippen molar-refractivity contribution in [3.8, 4) is 22.7 Å². The highest BCUT2D eigenvalue weighted by Crippen LogP contribution is 2.32. The largest absolute Gasteiger partial charge is 0.460 e. The molecule has 150 valence electrons. The number of hydrogen-bond donors (Lipinski definition) is 2. The second-order valence-corrected chi connectivity index (χ2v) is 7.10. The number of carbonyl (C=O) groups is 2. The van der Waals surface area contributed by atoms with Crippen LogP contribution in [0.3, 0.4) is 0 Å². The number of benzene rings is 1. The predicted molar refractivity (Wildman–Crippen MR) is 105 cm³/mol. The van der Waals surface area contributed by atoms with E-state index in [1.165, 1.54) is 19.0 Å². The van der Waals surface area contributed by atoms with E-state index in [0.717, 1.165) is 5.56 Å². The minimum atomic E-state index is -0.550. The maximum atomic E-state index is 12.4. The van der Waals surface area contributed by atoms with Gasteiger partial charge in [-0.3, -0.25) is 9.89 Å². The standard InChI is InChI=1S/C21H22N4O4/c1-3-28-21(27)18-11-22-20(29-18)15-6-4-5-14(9-15)16-10-17(25-24-16)19(26)23-12(2)13-7-8-13/h4-6,9-13H,3,7-8H2,1-2H3,(H,23,26)(H,24,25)/t12-/m0/s1. The first-order valence-corrected chi connectivity index (χ1v) is 9.65. The average Bonchev–Trinajstić information content (AvgIpc) is 3.26. The van der Waals surface area contributed by atoms with Gasteiger partial charge in [0.15, 0.2) is 0 Å². The molecule has 8 nitrogen and oxygen atoms in total. The predicted octanol–water partition coefficient (Wildman–Crippen LogP) is 3.44. The van der Waals surface area contributed by atoms with Crippen LogP contribution in [0.2, 0.25) is 0 Å². The normalized spacial score (nSPS) is 14.4. The molecule has 29 heavy (non-hydrogen) atoms. The monoisotopic (exact) mass is 394 g/mol. The third-order valence-corrected chi connectivity index (χ3v) is 4.90. The summed E-state index contributed by atoms with van der Waals surface area (Å²) < 4.78 is 10.4. The molecule has 1 fully saturated rings. The third kappa shape index (κ3) is 4.21. The number of hydrogen-bond acceptors (Lipinski definition) is 6. The molecule has 0 aliphatic heterocycles. The maximum absolute atomic E-state index is 12.4. The van der Waals surface area contributed by atoms with Crippen LogP contribution in [0, 0.1) is 5.92 Å². The van der Waals surface area contributed by atoms with E-state index in [2.05, 4.69) is 20.5 Å². The summed E-state index contributed by atoms with van der Waals surface area (Å²) in [5.41, 5.74) is 2.53. The molecular weight excluding hydrogens is 372 g/mol. The Morgan fingerprint density at radius 1 is 1.31 bits per heavy atom. The van der Waals surface area contributed by atoms with E-state index in [1.54, 1.807) is 13.0 Å². The van der Waals surface area contributed by atoms with Crippen molar-refractivity contribution in [2.75, 3.05) is 6.61 Å². The van der Waals surface area contributed by atoms with Crippen LogP contribution >= 0.6 is 0 Å². The quantitative estimate of drug-likeness (QED) is 0.594. The molecule has 8 heteroatoms. The molecule has 1 amide bonds. The van der Waals surface area contributed by atoms with Gasteiger partial charge in [-0.2, -0.15) is 5.10 Å². The summed E-state index contributed by atoms with van der Waals surface area (Å²) >= 11 is 0. The lowest BCUT2D eigenvalue weighted by molar-refractivity contribution is 0.0491. The number of carbonyl (C=O) groups excluding carboxylic acids is 2. The van der Waals surface area contributed by atoms with Crippen molar-refractivity contribution in [2.24, 2.45) is 5.92 Å². The lowest BCUT2D eigenvalue weighted by atomic mass is 10.1. The van der Waals surface area contributed by atoms with Crippen LogP contribution in [0.4, 0.5) is 0 Å². The number of esters is 1. The number of nitrogens with one attached hydrogen (secondary N) is 2. The molecule has 2 aromatic heterocycles. The molecule has 2 heterocycles. The van der Waals surface area contributed by atoms with Crippen molar-refractivity contribution in [1.29, 1.82) is 0 Å². The van der Waals surface area contributed by atoms with E-state index in [4.69, 9.17) is 9.15 Å². The Kier molecular flexibility index (Phi) is 5.16. The Balaban J connectivity index is 1.51. The van der Waals surface area contributed by atoms with Crippen LogP contribution < -0.4 is 5.32 Å². The molecule has 0 spiro atoms. The van der Waals surface area contributed by atoms with Crippen LogP contribution in [-0.4, -0.2) is 39.7 Å². The fraction of sp³-hybridized carbons (Fsp3) is 0.333. The van der Waals surface area contributed by atoms with E-state index in [9.17, 15) is 9.59 Å². The molecule has 1 aliphatic rings. The molecule has 4 rings (SSSR count). The van der Waals surface area contributed by atoms with Crippen LogP contribution in [0.1, 0.15) is 47.7 Å². The molecule has 1 atom stereocenters. The van der Waals surface area contributed by atoms with Gasteiger partial charge in [-0.15, -0.1) is 0 Å². The number of rotatable bonds is 7. The van der Waals surface area contributed by atoms with Crippen molar-refractivity contribution in [2.45, 2.75) is 32.7 Å². The summed E-state index contributed by atoms with van der Waals surface area (Å²) in [5.74, 6) is 0.229. The van der Waals surface area contributed by atoms with Crippen LogP contribution in [0.5, 0.6) is 0 Å². The third-order valence-electron chi connectivity index (χ3n) is 4.90. The van der Waals surface area contributed by atoms with E-state index < -0.39 is 5.97 Å². The first kappa shape index (κ1) is 18.9. The van der Waals surface area contributed by atoms with Gasteiger partial charge in [0, 0.05) is 17.2 Å². The lowest BCUT2D eigenvalue weighted by Crippen LogP contribution is -2.34. The SMILES string of the molecule is CCOC(=O)c1cnc(-c2cccc(-c3cc(C(=O)N[C@@H](C)C4CC4)[nH]n3)c2)o1. The smallest absolute Gasteiger partial charge is 0.375 e. The van der Waals surface area contributed by atoms with E-state index >= 15 is 0 Å². The van der Waals surface area contributed by atoms with Gasteiger partial charge in [0.2, 0.25) is 11.7 Å². The summed E-state index contributed by atoms with van der Waals surface area (Å²) in [5, 5.41) is 10.1. The van der Waals surface area contributed by atoms with Crippen LogP contribution in [-0.2, 0) is 4.74 Å². The molecule has 0 radical (unpaired) electrons. The Labute approximate surface area is 167 Å². The van der Waals surface area contributed by atoms with E-state index in [1.807, 2.05) is 31.2 Å². The highest BCUT2D eigenvalue weighted by atomic mass is 16.5. The van der Waals surface area contributed by atoms with Gasteiger partial charge < -0.3 is 14.5 Å². The van der Waals surface area contributed by atoms with Gasteiger partial charge in [-0.05, 0) is 50.8 Å². The van der Waals surface area contributed by atoms with Crippen molar-refractivity contribution < 1.29 is 18.7 Å². The first-order valence-electron chi connectivity index (χ1n) is 9.65. The minimum absolute atomic E-state index is 0.0516. The molecule has 2 N–H and O–H groups in total. The zero-order valence-electron chi connectivity index (χ0n) is 16.3. The molecule has 1 aromatic carbocycles. The van der Waals surface area contributed by atoms with Gasteiger partial charge in [-0.25, -0.2) is 9.78 Å². The van der Waals surface area contributed by atoms with Gasteiger partial charge in [-0.1, -0.05) is 12.1 Å². The maximum Gasteiger partial charge on any atom is 0.375 e. The second kappa shape index (κ2) is 7.90. The van der Waals surface area contributed by atoms with Gasteiger partial charge in [0.05, 0.1) is 18.5 Å². The number of nitrogens with zero attached hydrogens (tertiary/aromatic N) is 2. The van der Waals surface area contributed by atoms with Crippen LogP contribution in [0.15, 0.2) is 40.9 Å². The fourth-order valence-corrected chi connectivity index (χ4v) is 3.10. The molecular formula is C21H22N4O4. The minimum Gasteiger partial charge on any atom is -0.460 e. The summed E-state index contributed by atoms with van der Waals surface area (Å²) in [6, 6.07) is 9.25. The lowest BCUT2D eigenvalue weighted by Gasteiger charge is -2.11. The fourth-order valence-electron chi connectivity index (χ4n) is 3.10. The van der Waals surface area contributed by atoms with Crippen molar-refractivity contribution in [3.05, 3.63) is 48.0 Å². The molecule has 1 saturated carbocycles. The highest BCUT2D eigenvalue weighted by molar-refractivity contribution is 5.93. The Hall–Kier alpha value is -3.42. The van der Waals surface area contributed by atoms with E-state index in [0.29, 0.717) is 28.8 Å². The summed E-state index contributed by atoms with van der Waals surface area (Å²) in [4.78, 5) is 28.3. The highest BCUT2D eigenvalue weighted by Gasteiger charge is 2.29. The van der Waals surface area contributed by atoms with Crippen molar-refractivity contribution >= 4 is 11.9 Å². The number of aromatic nitrogens is 3. The van der Waals surface area contributed by atoms with Crippen molar-refractivity contribution in [1.82, 2.24) is 20.5 Å². The molecule has 0 unspecified atom stereocenters. The number of amides is 1. The Bertz CT molecular complexity index is 1030. The molecule has 0 saturated heterocycles. The van der Waals surface area contributed by atoms with Gasteiger partial charge in [0.25, 0.3) is 5.91 Å². The van der Waals surface area contributed by atoms with E-state index in [-0.39, 0.29) is 24.3 Å². The van der Waals surface area contributed by atoms with Crippen LogP contribution in [0.25, 0.3) is 22.7 Å². The van der Waals surface area contributed by atoms with Gasteiger partial charge in [0.1, 0.15) is 5.69 Å². The number of oxazole rings is 1.